The zero-order chi connectivity index (χ0) is 32.6. The molecule has 1 aliphatic heterocycles. The predicted molar refractivity (Wildman–Crippen MR) is 161 cm³/mol. The van der Waals surface area contributed by atoms with Gasteiger partial charge in [-0.2, -0.15) is 0 Å². The monoisotopic (exact) mass is 624 g/mol. The minimum atomic E-state index is -1.39. The Morgan fingerprint density at radius 1 is 1.07 bits per heavy atom. The lowest BCUT2D eigenvalue weighted by Gasteiger charge is -2.41. The normalized spacial score (nSPS) is 16.4. The van der Waals surface area contributed by atoms with Crippen molar-refractivity contribution in [1.82, 2.24) is 9.47 Å². The summed E-state index contributed by atoms with van der Waals surface area (Å²) in [6.45, 7) is 2.52. The average Bonchev–Trinajstić information content (AvgIpc) is 3.85. The third-order valence-corrected chi connectivity index (χ3v) is 8.09. The molecule has 2 fully saturated rings. The highest BCUT2D eigenvalue weighted by Gasteiger charge is 2.34. The first kappa shape index (κ1) is 31.3. The number of hydrogen-bond donors (Lipinski definition) is 3. The summed E-state index contributed by atoms with van der Waals surface area (Å²) >= 11 is 0. The molecule has 0 spiro atoms. The first-order valence-corrected chi connectivity index (χ1v) is 14.4. The summed E-state index contributed by atoms with van der Waals surface area (Å²) < 4.78 is 27.6. The van der Waals surface area contributed by atoms with Gasteiger partial charge in [-0.05, 0) is 38.0 Å². The molecule has 2 heterocycles. The van der Waals surface area contributed by atoms with E-state index in [4.69, 9.17) is 4.74 Å². The van der Waals surface area contributed by atoms with Gasteiger partial charge in [0.15, 0.2) is 11.6 Å². The first-order valence-electron chi connectivity index (χ1n) is 14.4. The molecule has 5 rings (SSSR count). The molecular formula is C31H33FN4O9. The van der Waals surface area contributed by atoms with Crippen molar-refractivity contribution in [2.75, 3.05) is 44.1 Å². The molecule has 2 amide bonds. The maximum absolute atomic E-state index is 15.7. The van der Waals surface area contributed by atoms with E-state index in [2.05, 4.69) is 10.1 Å². The maximum Gasteiger partial charge on any atom is 0.341 e. The second kappa shape index (κ2) is 12.5. The lowest BCUT2D eigenvalue weighted by Crippen LogP contribution is -2.54. The van der Waals surface area contributed by atoms with Gasteiger partial charge in [-0.1, -0.05) is 0 Å². The van der Waals surface area contributed by atoms with Crippen LogP contribution in [0.3, 0.4) is 0 Å². The Balaban J connectivity index is 1.29. The molecule has 45 heavy (non-hydrogen) atoms. The van der Waals surface area contributed by atoms with E-state index in [1.165, 1.54) is 38.6 Å². The van der Waals surface area contributed by atoms with Crippen molar-refractivity contribution in [3.05, 3.63) is 57.6 Å². The number of hydrogen-bond acceptors (Lipinski definition) is 9. The number of carbonyl (C=O) groups is 4. The summed E-state index contributed by atoms with van der Waals surface area (Å²) in [5, 5.41) is 22.1. The lowest BCUT2D eigenvalue weighted by molar-refractivity contribution is -0.135. The standard InChI is InChI=1S/C31H33FN4O9/c1-16-14-34(10-11-35(16)25(39)9-8-24(38)33-17-4-7-19(23(37)12-17)31(43)45-3)27-22(32)13-20-26(29(27)44-2)36(18-5-6-18)15-21(28(20)40)30(41)42/h4,7,12-13,15-16,18,37H,5-6,8-11,14H2,1-3H3,(H,33,38)(H,41,42). The number of esters is 1. The number of ether oxygens (including phenoxy) is 2. The second-order valence-electron chi connectivity index (χ2n) is 11.1. The third-order valence-electron chi connectivity index (χ3n) is 8.09. The van der Waals surface area contributed by atoms with E-state index in [0.29, 0.717) is 5.52 Å². The van der Waals surface area contributed by atoms with Crippen LogP contribution in [-0.4, -0.2) is 83.3 Å². The van der Waals surface area contributed by atoms with E-state index >= 15 is 4.39 Å². The van der Waals surface area contributed by atoms with Crippen LogP contribution in [0, 0.1) is 5.82 Å². The van der Waals surface area contributed by atoms with E-state index < -0.39 is 34.7 Å². The average molecular weight is 625 g/mol. The van der Waals surface area contributed by atoms with Crippen LogP contribution in [0.2, 0.25) is 0 Å². The number of piperazine rings is 1. The van der Waals surface area contributed by atoms with Gasteiger partial charge in [0.05, 0.1) is 25.1 Å². The smallest absolute Gasteiger partial charge is 0.341 e. The van der Waals surface area contributed by atoms with E-state index in [-0.39, 0.29) is 84.3 Å². The molecule has 1 aliphatic carbocycles. The quantitative estimate of drug-likeness (QED) is 0.301. The van der Waals surface area contributed by atoms with Gasteiger partial charge >= 0.3 is 11.9 Å². The van der Waals surface area contributed by atoms with Crippen molar-refractivity contribution in [2.45, 2.75) is 44.7 Å². The van der Waals surface area contributed by atoms with Crippen LogP contribution >= 0.6 is 0 Å². The molecular weight excluding hydrogens is 591 g/mol. The molecule has 1 saturated carbocycles. The van der Waals surface area contributed by atoms with Gasteiger partial charge in [0, 0.05) is 62.5 Å². The Hall–Kier alpha value is -5.14. The number of rotatable bonds is 9. The van der Waals surface area contributed by atoms with Crippen molar-refractivity contribution in [1.29, 1.82) is 0 Å². The van der Waals surface area contributed by atoms with Crippen molar-refractivity contribution in [3.63, 3.8) is 0 Å². The maximum atomic E-state index is 15.7. The molecule has 13 nitrogen and oxygen atoms in total. The van der Waals surface area contributed by atoms with Gasteiger partial charge in [-0.25, -0.2) is 14.0 Å². The largest absolute Gasteiger partial charge is 0.507 e. The van der Waals surface area contributed by atoms with Gasteiger partial charge in [-0.3, -0.25) is 14.4 Å². The van der Waals surface area contributed by atoms with Crippen LogP contribution in [0.4, 0.5) is 15.8 Å². The summed E-state index contributed by atoms with van der Waals surface area (Å²) in [7, 11) is 2.55. The van der Waals surface area contributed by atoms with E-state index in [1.54, 1.807) is 21.3 Å². The topological polar surface area (TPSA) is 168 Å². The van der Waals surface area contributed by atoms with Gasteiger partial charge in [0.2, 0.25) is 17.2 Å². The third kappa shape index (κ3) is 6.12. The van der Waals surface area contributed by atoms with Crippen molar-refractivity contribution >= 4 is 46.0 Å². The number of carboxylic acids is 1. The molecule has 0 radical (unpaired) electrons. The Kier molecular flexibility index (Phi) is 8.66. The zero-order valence-corrected chi connectivity index (χ0v) is 25.0. The number of aromatic hydroxyl groups is 1. The molecule has 0 bridgehead atoms. The molecule has 3 aromatic rings. The SMILES string of the molecule is COC(=O)c1ccc(NC(=O)CCC(=O)N2CCN(c3c(F)cc4c(=O)c(C(=O)O)cn(C5CC5)c4c3OC)CC2C)cc1O. The van der Waals surface area contributed by atoms with Gasteiger partial charge in [-0.15, -0.1) is 0 Å². The number of carbonyl (C=O) groups excluding carboxylic acids is 3. The minimum Gasteiger partial charge on any atom is -0.507 e. The number of nitrogens with zero attached hydrogens (tertiary/aromatic N) is 3. The number of amides is 2. The number of aromatic nitrogens is 1. The van der Waals surface area contributed by atoms with Gasteiger partial charge in [0.25, 0.3) is 0 Å². The van der Waals surface area contributed by atoms with Crippen molar-refractivity contribution in [3.8, 4) is 11.5 Å². The molecule has 1 unspecified atom stereocenters. The summed E-state index contributed by atoms with van der Waals surface area (Å²) in [5.41, 5.74) is -0.575. The fourth-order valence-electron chi connectivity index (χ4n) is 5.73. The summed E-state index contributed by atoms with van der Waals surface area (Å²) in [6.07, 6.45) is 2.65. The summed E-state index contributed by atoms with van der Waals surface area (Å²) in [6, 6.07) is 4.62. The highest BCUT2D eigenvalue weighted by atomic mass is 19.1. The molecule has 2 aliphatic rings. The highest BCUT2D eigenvalue weighted by Crippen LogP contribution is 2.44. The van der Waals surface area contributed by atoms with E-state index in [1.807, 2.05) is 0 Å². The van der Waals surface area contributed by atoms with Crippen LogP contribution < -0.4 is 20.4 Å². The number of halogens is 1. The molecule has 2 aromatic carbocycles. The number of methoxy groups -OCH3 is 2. The number of benzene rings is 2. The van der Waals surface area contributed by atoms with Crippen molar-refractivity contribution < 1.29 is 43.3 Å². The zero-order valence-electron chi connectivity index (χ0n) is 25.0. The fourth-order valence-corrected chi connectivity index (χ4v) is 5.73. The lowest BCUT2D eigenvalue weighted by atomic mass is 10.1. The number of aromatic carboxylic acids is 1. The van der Waals surface area contributed by atoms with E-state index in [0.717, 1.165) is 18.9 Å². The summed E-state index contributed by atoms with van der Waals surface area (Å²) in [4.78, 5) is 65.3. The van der Waals surface area contributed by atoms with Gasteiger partial charge < -0.3 is 39.4 Å². The Morgan fingerprint density at radius 3 is 2.40 bits per heavy atom. The molecule has 3 N–H and O–H groups in total. The Labute approximate surface area is 256 Å². The van der Waals surface area contributed by atoms with Crippen LogP contribution in [0.25, 0.3) is 10.9 Å². The van der Waals surface area contributed by atoms with E-state index in [9.17, 15) is 34.2 Å². The van der Waals surface area contributed by atoms with Crippen LogP contribution in [-0.2, 0) is 14.3 Å². The number of phenolic OH excluding ortho intramolecular Hbond substituents is 1. The second-order valence-corrected chi connectivity index (χ2v) is 11.1. The molecule has 1 aromatic heterocycles. The molecule has 1 saturated heterocycles. The summed E-state index contributed by atoms with van der Waals surface area (Å²) in [5.74, 6) is -3.81. The number of phenols is 1. The first-order chi connectivity index (χ1) is 21.4. The molecule has 238 valence electrons. The number of nitrogens with one attached hydrogen (secondary N) is 1. The Morgan fingerprint density at radius 2 is 1.80 bits per heavy atom. The van der Waals surface area contributed by atoms with Crippen LogP contribution in [0.5, 0.6) is 11.5 Å². The van der Waals surface area contributed by atoms with Crippen LogP contribution in [0.1, 0.15) is 59.4 Å². The fraction of sp³-hybridized carbons (Fsp3) is 0.387. The number of fused-ring (bicyclic) bond motifs is 1. The number of carboxylic acid groups (broad SMARTS) is 1. The predicted octanol–water partition coefficient (Wildman–Crippen LogP) is 3.13. The number of pyridine rings is 1. The minimum absolute atomic E-state index is 0.0334. The molecule has 14 heteroatoms. The number of anilines is 2. The van der Waals surface area contributed by atoms with Crippen molar-refractivity contribution in [2.24, 2.45) is 0 Å². The molecule has 1 atom stereocenters. The van der Waals surface area contributed by atoms with Gasteiger partial charge in [0.1, 0.15) is 22.6 Å². The Bertz CT molecular complexity index is 1770. The van der Waals surface area contributed by atoms with Crippen LogP contribution in [0.15, 0.2) is 35.3 Å². The highest BCUT2D eigenvalue weighted by molar-refractivity contribution is 5.98.